The van der Waals surface area contributed by atoms with Crippen LogP contribution in [0.25, 0.3) is 16.8 Å². The number of aromatic amines is 1. The zero-order valence-electron chi connectivity index (χ0n) is 17.9. The fourth-order valence-corrected chi connectivity index (χ4v) is 4.05. The molecule has 0 bridgehead atoms. The number of benzene rings is 2. The Balaban J connectivity index is 1.72. The predicted molar refractivity (Wildman–Crippen MR) is 123 cm³/mol. The fraction of sp³-hybridized carbons (Fsp3) is 0.120. The van der Waals surface area contributed by atoms with E-state index in [1.165, 1.54) is 12.0 Å². The first-order valence-corrected chi connectivity index (χ1v) is 10.3. The number of H-pyrrole nitrogens is 1. The van der Waals surface area contributed by atoms with E-state index in [-0.39, 0.29) is 17.3 Å². The molecule has 0 aliphatic carbocycles. The number of aliphatic hydroxyl groups is 1. The number of nitrogens with one attached hydrogen (secondary N) is 1. The van der Waals surface area contributed by atoms with Gasteiger partial charge in [0.25, 0.3) is 5.78 Å². The van der Waals surface area contributed by atoms with Crippen LogP contribution in [0.4, 0.5) is 5.95 Å². The zero-order valence-corrected chi connectivity index (χ0v) is 17.9. The van der Waals surface area contributed by atoms with E-state index in [4.69, 9.17) is 4.74 Å². The monoisotopic (exact) mass is 440 g/mol. The van der Waals surface area contributed by atoms with Crippen LogP contribution in [-0.2, 0) is 9.59 Å². The maximum absolute atomic E-state index is 13.2. The fourth-order valence-electron chi connectivity index (χ4n) is 4.05. The van der Waals surface area contributed by atoms with Crippen LogP contribution < -0.4 is 9.64 Å². The number of fused-ring (bicyclic) bond motifs is 1. The summed E-state index contributed by atoms with van der Waals surface area (Å²) in [6, 6.07) is 14.9. The Morgan fingerprint density at radius 2 is 1.97 bits per heavy atom. The lowest BCUT2D eigenvalue weighted by Gasteiger charge is -2.22. The summed E-state index contributed by atoms with van der Waals surface area (Å²) >= 11 is 0. The Bertz CT molecular complexity index is 1420. The lowest BCUT2D eigenvalue weighted by atomic mass is 9.96. The normalized spacial score (nSPS) is 17.6. The lowest BCUT2D eigenvalue weighted by molar-refractivity contribution is -0.132. The van der Waals surface area contributed by atoms with Gasteiger partial charge in [-0.1, -0.05) is 24.3 Å². The molecular formula is C25H20N4O4. The minimum Gasteiger partial charge on any atom is -0.507 e. The van der Waals surface area contributed by atoms with Gasteiger partial charge >= 0.3 is 5.91 Å². The number of carbonyl (C=O) groups excluding carboxylic acids is 2. The molecule has 5 rings (SSSR count). The van der Waals surface area contributed by atoms with Crippen molar-refractivity contribution >= 4 is 34.4 Å². The number of amides is 1. The Hall–Kier alpha value is -4.46. The van der Waals surface area contributed by atoms with Gasteiger partial charge in [0.15, 0.2) is 0 Å². The summed E-state index contributed by atoms with van der Waals surface area (Å²) in [6.45, 7) is 1.95. The highest BCUT2D eigenvalue weighted by Gasteiger charge is 2.48. The number of aryl methyl sites for hydroxylation is 1. The number of carbonyl (C=O) groups is 2. The van der Waals surface area contributed by atoms with Gasteiger partial charge in [-0.25, -0.2) is 4.98 Å². The van der Waals surface area contributed by atoms with Crippen LogP contribution in [0.3, 0.4) is 0 Å². The van der Waals surface area contributed by atoms with Crippen molar-refractivity contribution in [3.8, 4) is 5.75 Å². The van der Waals surface area contributed by atoms with E-state index < -0.39 is 17.7 Å². The summed E-state index contributed by atoms with van der Waals surface area (Å²) in [5, 5.41) is 11.2. The highest BCUT2D eigenvalue weighted by molar-refractivity contribution is 6.51. The van der Waals surface area contributed by atoms with Gasteiger partial charge in [0, 0.05) is 18.0 Å². The van der Waals surface area contributed by atoms with Gasteiger partial charge in [-0.05, 0) is 48.4 Å². The Morgan fingerprint density at radius 1 is 1.12 bits per heavy atom. The Labute approximate surface area is 189 Å². The van der Waals surface area contributed by atoms with E-state index >= 15 is 0 Å². The molecule has 4 aromatic rings. The third-order valence-corrected chi connectivity index (χ3v) is 5.64. The summed E-state index contributed by atoms with van der Waals surface area (Å²) in [7, 11) is 1.51. The molecule has 1 atom stereocenters. The molecule has 1 unspecified atom stereocenters. The molecule has 0 saturated carbocycles. The maximum Gasteiger partial charge on any atom is 0.302 e. The highest BCUT2D eigenvalue weighted by Crippen LogP contribution is 2.41. The first kappa shape index (κ1) is 20.4. The number of hydrogen-bond acceptors (Lipinski definition) is 6. The summed E-state index contributed by atoms with van der Waals surface area (Å²) in [5.41, 5.74) is 3.32. The van der Waals surface area contributed by atoms with Crippen LogP contribution in [-0.4, -0.2) is 38.9 Å². The van der Waals surface area contributed by atoms with Gasteiger partial charge in [-0.2, -0.15) is 0 Å². The van der Waals surface area contributed by atoms with Crippen LogP contribution in [0, 0.1) is 6.92 Å². The van der Waals surface area contributed by atoms with Gasteiger partial charge in [0.05, 0.1) is 29.8 Å². The Kier molecular flexibility index (Phi) is 4.90. The average Bonchev–Trinajstić information content (AvgIpc) is 3.37. The SMILES string of the molecule is COc1cccc(/C(O)=C2\C(=O)C(=O)N(c3nc4ccc(C)cc4[nH]3)C2c2cccnc2)c1. The molecule has 33 heavy (non-hydrogen) atoms. The number of rotatable bonds is 4. The molecule has 2 aromatic heterocycles. The molecule has 0 spiro atoms. The molecule has 0 radical (unpaired) electrons. The van der Waals surface area contributed by atoms with Crippen molar-refractivity contribution in [3.05, 3.63) is 89.3 Å². The van der Waals surface area contributed by atoms with Crippen molar-refractivity contribution in [3.63, 3.8) is 0 Å². The van der Waals surface area contributed by atoms with E-state index in [1.54, 1.807) is 48.8 Å². The number of Topliss-reactive ketones (excluding diaryl/α,β-unsaturated/α-hetero) is 1. The molecule has 2 N–H and O–H groups in total. The maximum atomic E-state index is 13.2. The first-order chi connectivity index (χ1) is 16.0. The number of aromatic nitrogens is 3. The molecule has 8 nitrogen and oxygen atoms in total. The second-order valence-electron chi connectivity index (χ2n) is 7.77. The number of imidazole rings is 1. The van der Waals surface area contributed by atoms with Gasteiger partial charge in [-0.15, -0.1) is 0 Å². The second-order valence-corrected chi connectivity index (χ2v) is 7.77. The number of aliphatic hydroxyl groups excluding tert-OH is 1. The van der Waals surface area contributed by atoms with Crippen molar-refractivity contribution in [2.75, 3.05) is 12.0 Å². The summed E-state index contributed by atoms with van der Waals surface area (Å²) in [4.78, 5) is 39.6. The van der Waals surface area contributed by atoms with Crippen LogP contribution >= 0.6 is 0 Å². The van der Waals surface area contributed by atoms with Crippen LogP contribution in [0.1, 0.15) is 22.7 Å². The van der Waals surface area contributed by atoms with E-state index in [2.05, 4.69) is 15.0 Å². The molecule has 1 aliphatic heterocycles. The van der Waals surface area contributed by atoms with Crippen molar-refractivity contribution in [1.29, 1.82) is 0 Å². The van der Waals surface area contributed by atoms with E-state index in [0.717, 1.165) is 11.1 Å². The number of anilines is 1. The summed E-state index contributed by atoms with van der Waals surface area (Å²) < 4.78 is 5.24. The minimum absolute atomic E-state index is 0.0436. The number of pyridine rings is 1. The van der Waals surface area contributed by atoms with Crippen LogP contribution in [0.5, 0.6) is 5.75 Å². The standard InChI is InChI=1S/C25H20N4O4/c1-14-8-9-18-19(11-14)28-25(27-18)29-21(16-6-4-10-26-13-16)20(23(31)24(29)32)22(30)15-5-3-7-17(12-15)33-2/h3-13,21,30H,1-2H3,(H,27,28)/b22-20+. The molecule has 3 heterocycles. The van der Waals surface area contributed by atoms with Crippen molar-refractivity contribution in [2.24, 2.45) is 0 Å². The number of ether oxygens (including phenoxy) is 1. The average molecular weight is 440 g/mol. The van der Waals surface area contributed by atoms with E-state index in [9.17, 15) is 14.7 Å². The third-order valence-electron chi connectivity index (χ3n) is 5.64. The highest BCUT2D eigenvalue weighted by atomic mass is 16.5. The molecule has 1 amide bonds. The lowest BCUT2D eigenvalue weighted by Crippen LogP contribution is -2.30. The minimum atomic E-state index is -0.911. The van der Waals surface area contributed by atoms with Crippen molar-refractivity contribution in [1.82, 2.24) is 15.0 Å². The molecule has 2 aromatic carbocycles. The first-order valence-electron chi connectivity index (χ1n) is 10.3. The van der Waals surface area contributed by atoms with Crippen molar-refractivity contribution in [2.45, 2.75) is 13.0 Å². The third kappa shape index (κ3) is 3.41. The van der Waals surface area contributed by atoms with Crippen molar-refractivity contribution < 1.29 is 19.4 Å². The molecular weight excluding hydrogens is 420 g/mol. The summed E-state index contributed by atoms with van der Waals surface area (Å²) in [6.07, 6.45) is 3.16. The molecule has 8 heteroatoms. The number of hydrogen-bond donors (Lipinski definition) is 2. The van der Waals surface area contributed by atoms with Gasteiger partial charge in [0.1, 0.15) is 11.5 Å². The molecule has 1 fully saturated rings. The van der Waals surface area contributed by atoms with E-state index in [1.807, 2.05) is 25.1 Å². The van der Waals surface area contributed by atoms with E-state index in [0.29, 0.717) is 22.4 Å². The largest absolute Gasteiger partial charge is 0.507 e. The van der Waals surface area contributed by atoms with Gasteiger partial charge in [-0.3, -0.25) is 19.5 Å². The predicted octanol–water partition coefficient (Wildman–Crippen LogP) is 3.90. The van der Waals surface area contributed by atoms with Crippen LogP contribution in [0.15, 0.2) is 72.6 Å². The van der Waals surface area contributed by atoms with Gasteiger partial charge in [0.2, 0.25) is 5.95 Å². The van der Waals surface area contributed by atoms with Gasteiger partial charge < -0.3 is 14.8 Å². The Morgan fingerprint density at radius 3 is 2.73 bits per heavy atom. The zero-order chi connectivity index (χ0) is 23.1. The second kappa shape index (κ2) is 7.90. The summed E-state index contributed by atoms with van der Waals surface area (Å²) in [5.74, 6) is -1.16. The smallest absolute Gasteiger partial charge is 0.302 e. The number of ketones is 1. The molecule has 164 valence electrons. The quantitative estimate of drug-likeness (QED) is 0.283. The topological polar surface area (TPSA) is 108 Å². The molecule has 1 saturated heterocycles. The molecule has 1 aliphatic rings. The number of nitrogens with zero attached hydrogens (tertiary/aromatic N) is 3. The van der Waals surface area contributed by atoms with Crippen LogP contribution in [0.2, 0.25) is 0 Å². The number of methoxy groups -OCH3 is 1.